The van der Waals surface area contributed by atoms with Crippen molar-refractivity contribution in [1.82, 2.24) is 4.90 Å². The number of rotatable bonds is 3. The number of hydrogen-bond acceptors (Lipinski definition) is 4. The van der Waals surface area contributed by atoms with E-state index in [1.807, 2.05) is 24.3 Å². The van der Waals surface area contributed by atoms with E-state index in [-0.39, 0.29) is 5.41 Å². The molecule has 4 bridgehead atoms. The van der Waals surface area contributed by atoms with Gasteiger partial charge in [0.05, 0.1) is 6.04 Å². The first-order valence-electron chi connectivity index (χ1n) is 10.7. The van der Waals surface area contributed by atoms with Crippen molar-refractivity contribution in [3.05, 3.63) is 47.5 Å². The molecule has 0 unspecified atom stereocenters. The van der Waals surface area contributed by atoms with Crippen molar-refractivity contribution in [2.75, 3.05) is 0 Å². The average Bonchev–Trinajstić information content (AvgIpc) is 2.67. The van der Waals surface area contributed by atoms with Gasteiger partial charge in [-0.3, -0.25) is 14.5 Å². The van der Waals surface area contributed by atoms with Crippen LogP contribution in [0.25, 0.3) is 10.8 Å². The maximum atomic E-state index is 13.5. The van der Waals surface area contributed by atoms with Gasteiger partial charge in [-0.15, -0.1) is 0 Å². The molecule has 150 valence electrons. The Hall–Kier alpha value is -2.24. The molecule has 4 aliphatic carbocycles. The summed E-state index contributed by atoms with van der Waals surface area (Å²) < 4.78 is 0. The van der Waals surface area contributed by atoms with Crippen LogP contribution in [0.15, 0.2) is 36.4 Å². The number of aliphatic hydroxyl groups is 2. The predicted molar refractivity (Wildman–Crippen MR) is 107 cm³/mol. The van der Waals surface area contributed by atoms with E-state index < -0.39 is 24.1 Å². The molecule has 0 spiro atoms. The fourth-order valence-electron chi connectivity index (χ4n) is 7.57. The van der Waals surface area contributed by atoms with Crippen LogP contribution < -0.4 is 0 Å². The number of nitrogens with zero attached hydrogens (tertiary/aromatic N) is 1. The second-order valence-corrected chi connectivity index (χ2v) is 9.83. The highest BCUT2D eigenvalue weighted by molar-refractivity contribution is 6.25. The second-order valence-electron chi connectivity index (χ2n) is 9.83. The Kier molecular flexibility index (Phi) is 3.58. The average molecular weight is 391 g/mol. The molecule has 5 heteroatoms. The van der Waals surface area contributed by atoms with Crippen LogP contribution in [-0.2, 0) is 0 Å². The van der Waals surface area contributed by atoms with Crippen LogP contribution in [0.1, 0.15) is 59.2 Å². The van der Waals surface area contributed by atoms with Gasteiger partial charge in [-0.05, 0) is 79.2 Å². The summed E-state index contributed by atoms with van der Waals surface area (Å²) in [5.74, 6) is 0.941. The van der Waals surface area contributed by atoms with E-state index in [4.69, 9.17) is 0 Å². The van der Waals surface area contributed by atoms with Crippen molar-refractivity contribution in [2.24, 2.45) is 23.2 Å². The Morgan fingerprint density at radius 1 is 0.828 bits per heavy atom. The van der Waals surface area contributed by atoms with Gasteiger partial charge in [0.2, 0.25) is 0 Å². The van der Waals surface area contributed by atoms with Crippen LogP contribution in [0.2, 0.25) is 0 Å². The van der Waals surface area contributed by atoms with Crippen molar-refractivity contribution >= 4 is 22.6 Å². The summed E-state index contributed by atoms with van der Waals surface area (Å²) in [6.07, 6.45) is 4.52. The van der Waals surface area contributed by atoms with E-state index in [9.17, 15) is 19.8 Å². The molecule has 1 atom stereocenters. The van der Waals surface area contributed by atoms with Gasteiger partial charge in [0.25, 0.3) is 11.8 Å². The van der Waals surface area contributed by atoms with E-state index in [1.165, 1.54) is 24.2 Å². The van der Waals surface area contributed by atoms with E-state index in [1.54, 1.807) is 12.1 Å². The molecule has 0 aromatic heterocycles. The number of imide groups is 1. The smallest absolute Gasteiger partial charge is 0.261 e. The molecular weight excluding hydrogens is 366 g/mol. The molecule has 2 aromatic carbocycles. The largest absolute Gasteiger partial charge is 0.366 e. The monoisotopic (exact) mass is 391 g/mol. The zero-order valence-corrected chi connectivity index (χ0v) is 16.3. The van der Waals surface area contributed by atoms with Gasteiger partial charge in [0.15, 0.2) is 6.29 Å². The minimum absolute atomic E-state index is 0.381. The molecule has 2 N–H and O–H groups in total. The number of hydrogen-bond donors (Lipinski definition) is 2. The Morgan fingerprint density at radius 3 is 1.76 bits per heavy atom. The third kappa shape index (κ3) is 2.34. The summed E-state index contributed by atoms with van der Waals surface area (Å²) in [5.41, 5.74) is 0.579. The Labute approximate surface area is 169 Å². The van der Waals surface area contributed by atoms with Gasteiger partial charge in [0.1, 0.15) is 0 Å². The van der Waals surface area contributed by atoms with Crippen molar-refractivity contribution < 1.29 is 19.8 Å². The summed E-state index contributed by atoms with van der Waals surface area (Å²) in [5, 5.41) is 22.6. The lowest BCUT2D eigenvalue weighted by Gasteiger charge is -2.60. The van der Waals surface area contributed by atoms with Crippen LogP contribution in [0.4, 0.5) is 0 Å². The molecule has 1 aliphatic heterocycles. The molecule has 4 saturated carbocycles. The highest BCUT2D eigenvalue weighted by Crippen LogP contribution is 2.62. The van der Waals surface area contributed by atoms with Crippen LogP contribution in [0, 0.1) is 23.2 Å². The Morgan fingerprint density at radius 2 is 1.31 bits per heavy atom. The zero-order valence-electron chi connectivity index (χ0n) is 16.3. The Balaban J connectivity index is 1.50. The summed E-state index contributed by atoms with van der Waals surface area (Å²) in [7, 11) is 0. The highest BCUT2D eigenvalue weighted by atomic mass is 16.5. The van der Waals surface area contributed by atoms with Crippen LogP contribution in [-0.4, -0.2) is 39.3 Å². The summed E-state index contributed by atoms with van der Waals surface area (Å²) in [6, 6.07) is 10.0. The maximum Gasteiger partial charge on any atom is 0.261 e. The molecular formula is C24H25NO4. The number of carbonyl (C=O) groups is 2. The summed E-state index contributed by atoms with van der Waals surface area (Å²) >= 11 is 0. The molecule has 29 heavy (non-hydrogen) atoms. The molecule has 4 fully saturated rings. The van der Waals surface area contributed by atoms with Gasteiger partial charge in [-0.25, -0.2) is 0 Å². The molecule has 0 radical (unpaired) electrons. The second kappa shape index (κ2) is 5.89. The molecule has 5 aliphatic rings. The molecule has 2 amide bonds. The molecule has 7 rings (SSSR count). The number of amides is 2. The molecule has 0 saturated heterocycles. The van der Waals surface area contributed by atoms with Crippen molar-refractivity contribution in [2.45, 2.75) is 50.9 Å². The van der Waals surface area contributed by atoms with E-state index in [0.29, 0.717) is 34.3 Å². The van der Waals surface area contributed by atoms with Crippen molar-refractivity contribution in [3.63, 3.8) is 0 Å². The molecule has 1 heterocycles. The maximum absolute atomic E-state index is 13.5. The van der Waals surface area contributed by atoms with Gasteiger partial charge in [-0.1, -0.05) is 24.3 Å². The summed E-state index contributed by atoms with van der Waals surface area (Å²) in [4.78, 5) is 28.3. The zero-order chi connectivity index (χ0) is 19.9. The highest BCUT2D eigenvalue weighted by Gasteiger charge is 2.59. The van der Waals surface area contributed by atoms with Gasteiger partial charge in [-0.2, -0.15) is 0 Å². The lowest BCUT2D eigenvalue weighted by Crippen LogP contribution is -2.64. The molecule has 2 aromatic rings. The normalized spacial score (nSPS) is 33.8. The third-order valence-electron chi connectivity index (χ3n) is 8.08. The topological polar surface area (TPSA) is 77.8 Å². The van der Waals surface area contributed by atoms with Gasteiger partial charge in [0, 0.05) is 16.5 Å². The Bertz CT molecular complexity index is 956. The number of carbonyl (C=O) groups excluding carboxylic acids is 2. The first kappa shape index (κ1) is 17.6. The van der Waals surface area contributed by atoms with Gasteiger partial charge >= 0.3 is 0 Å². The summed E-state index contributed by atoms with van der Waals surface area (Å²) in [6.45, 7) is 0. The number of aliphatic hydroxyl groups excluding tert-OH is 1. The fourth-order valence-corrected chi connectivity index (χ4v) is 7.57. The quantitative estimate of drug-likeness (QED) is 0.621. The van der Waals surface area contributed by atoms with Gasteiger partial charge < -0.3 is 10.2 Å². The van der Waals surface area contributed by atoms with Crippen LogP contribution in [0.5, 0.6) is 0 Å². The van der Waals surface area contributed by atoms with Crippen LogP contribution in [0.3, 0.4) is 0 Å². The lowest BCUT2D eigenvalue weighted by atomic mass is 9.47. The SMILES string of the molecule is O=C1c2cccc3cccc(c23)C(=O)N1[C@H](C(O)O)C12CC3CC(CC(C3)C1)C2. The third-order valence-corrected chi connectivity index (χ3v) is 8.08. The first-order chi connectivity index (χ1) is 14.0. The fraction of sp³-hybridized carbons (Fsp3) is 0.500. The van der Waals surface area contributed by atoms with E-state index in [0.717, 1.165) is 24.6 Å². The van der Waals surface area contributed by atoms with E-state index in [2.05, 4.69) is 0 Å². The van der Waals surface area contributed by atoms with Crippen LogP contribution >= 0.6 is 0 Å². The van der Waals surface area contributed by atoms with Crippen molar-refractivity contribution in [3.8, 4) is 0 Å². The predicted octanol–water partition coefficient (Wildman–Crippen LogP) is 3.33. The lowest BCUT2D eigenvalue weighted by molar-refractivity contribution is -0.170. The number of benzene rings is 2. The van der Waals surface area contributed by atoms with Crippen molar-refractivity contribution in [1.29, 1.82) is 0 Å². The standard InChI is InChI=1S/C24H25NO4/c26-21-17-5-1-3-16-4-2-6-18(19(16)17)22(27)25(21)20(23(28)29)24-10-13-7-14(11-24)9-15(8-13)12-24/h1-6,13-15,20,23,28-29H,7-12H2/t13?,14?,15?,20-,24?/m1/s1. The minimum atomic E-state index is -1.73. The first-order valence-corrected chi connectivity index (χ1v) is 10.7. The van der Waals surface area contributed by atoms with E-state index >= 15 is 0 Å². The molecule has 5 nitrogen and oxygen atoms in total. The minimum Gasteiger partial charge on any atom is -0.366 e.